The Bertz CT molecular complexity index is 2650. The molecule has 0 bridgehead atoms. The summed E-state index contributed by atoms with van der Waals surface area (Å²) in [5.41, 5.74) is 12.2. The normalized spacial score (nSPS) is 12.3. The van der Waals surface area contributed by atoms with E-state index >= 15 is 0 Å². The second kappa shape index (κ2) is 10.4. The van der Waals surface area contributed by atoms with Gasteiger partial charge in [-0.15, -0.1) is 0 Å². The Hall–Kier alpha value is -5.86. The van der Waals surface area contributed by atoms with Gasteiger partial charge in [0.2, 0.25) is 0 Å². The van der Waals surface area contributed by atoms with Crippen molar-refractivity contribution in [1.82, 2.24) is 9.13 Å². The second-order valence-electron chi connectivity index (χ2n) is 12.2. The fraction of sp³-hybridized carbons (Fsp3) is 0.0455. The third-order valence-electron chi connectivity index (χ3n) is 9.70. The summed E-state index contributed by atoms with van der Waals surface area (Å²) in [6, 6.07) is 55.5. The number of rotatable bonds is 4. The van der Waals surface area contributed by atoms with Crippen LogP contribution in [0.25, 0.3) is 82.5 Å². The van der Waals surface area contributed by atoms with Crippen molar-refractivity contribution in [3.05, 3.63) is 163 Å². The molecule has 0 spiro atoms. The van der Waals surface area contributed by atoms with E-state index in [0.29, 0.717) is 0 Å². The minimum atomic E-state index is 1.18. The van der Waals surface area contributed by atoms with Crippen molar-refractivity contribution >= 4 is 60.0 Å². The molecule has 218 valence electrons. The molecule has 0 radical (unpaired) electrons. The van der Waals surface area contributed by atoms with Gasteiger partial charge in [0, 0.05) is 32.3 Å². The van der Waals surface area contributed by atoms with Crippen LogP contribution >= 0.6 is 0 Å². The first-order valence-electron chi connectivity index (χ1n) is 16.0. The van der Waals surface area contributed by atoms with Gasteiger partial charge in [-0.05, 0) is 84.6 Å². The average molecular weight is 589 g/mol. The minimum Gasteiger partial charge on any atom is -0.309 e. The van der Waals surface area contributed by atoms with Crippen molar-refractivity contribution in [3.8, 4) is 22.5 Å². The fourth-order valence-electron chi connectivity index (χ4n) is 7.34. The van der Waals surface area contributed by atoms with Crippen molar-refractivity contribution in [2.75, 3.05) is 0 Å². The van der Waals surface area contributed by atoms with Crippen LogP contribution in [0.15, 0.2) is 158 Å². The van der Waals surface area contributed by atoms with Gasteiger partial charge >= 0.3 is 0 Å². The molecular weight excluding hydrogens is 556 g/mol. The average Bonchev–Trinajstić information content (AvgIpc) is 3.63. The molecule has 0 saturated heterocycles. The summed E-state index contributed by atoms with van der Waals surface area (Å²) in [6.07, 6.45) is 2.18. The minimum absolute atomic E-state index is 1.18. The topological polar surface area (TPSA) is 9.86 Å². The highest BCUT2D eigenvalue weighted by Gasteiger charge is 2.19. The molecule has 0 N–H and O–H groups in total. The van der Waals surface area contributed by atoms with Gasteiger partial charge in [0.15, 0.2) is 0 Å². The lowest BCUT2D eigenvalue weighted by molar-refractivity contribution is 1.17. The predicted octanol–water partition coefficient (Wildman–Crippen LogP) is 12.1. The lowest BCUT2D eigenvalue weighted by atomic mass is 10.0. The molecule has 2 heterocycles. The van der Waals surface area contributed by atoms with Crippen LogP contribution in [0.2, 0.25) is 0 Å². The molecule has 7 aromatic carbocycles. The van der Waals surface area contributed by atoms with E-state index in [4.69, 9.17) is 0 Å². The van der Waals surface area contributed by atoms with Gasteiger partial charge in [-0.1, -0.05) is 109 Å². The Morgan fingerprint density at radius 2 is 0.891 bits per heavy atom. The fourth-order valence-corrected chi connectivity index (χ4v) is 7.34. The van der Waals surface area contributed by atoms with Crippen LogP contribution in [0.1, 0.15) is 19.4 Å². The summed E-state index contributed by atoms with van der Waals surface area (Å²) in [7, 11) is 0. The number of fused-ring (bicyclic) bond motifs is 7. The van der Waals surface area contributed by atoms with Crippen LogP contribution < -0.4 is 0 Å². The quantitative estimate of drug-likeness (QED) is 0.194. The Morgan fingerprint density at radius 3 is 1.48 bits per heavy atom. The van der Waals surface area contributed by atoms with Crippen LogP contribution in [0.5, 0.6) is 0 Å². The van der Waals surface area contributed by atoms with E-state index in [-0.39, 0.29) is 0 Å². The van der Waals surface area contributed by atoms with Crippen molar-refractivity contribution in [1.29, 1.82) is 0 Å². The molecular formula is C44H32N2. The Morgan fingerprint density at radius 1 is 0.413 bits per heavy atom. The third kappa shape index (κ3) is 3.90. The molecule has 9 rings (SSSR count). The van der Waals surface area contributed by atoms with E-state index < -0.39 is 0 Å². The predicted molar refractivity (Wildman–Crippen MR) is 197 cm³/mol. The van der Waals surface area contributed by atoms with Gasteiger partial charge in [0.25, 0.3) is 0 Å². The Kier molecular flexibility index (Phi) is 5.97. The molecule has 9 aromatic rings. The summed E-state index contributed by atoms with van der Waals surface area (Å²) < 4.78 is 4.90. The number of hydrogen-bond acceptors (Lipinski definition) is 0. The van der Waals surface area contributed by atoms with Gasteiger partial charge < -0.3 is 9.13 Å². The first-order valence-corrected chi connectivity index (χ1v) is 16.0. The van der Waals surface area contributed by atoms with E-state index in [2.05, 4.69) is 181 Å². The second-order valence-corrected chi connectivity index (χ2v) is 12.2. The summed E-state index contributed by atoms with van der Waals surface area (Å²) >= 11 is 0. The van der Waals surface area contributed by atoms with Crippen LogP contribution in [0, 0.1) is 0 Å². The zero-order chi connectivity index (χ0) is 30.8. The molecule has 0 unspecified atom stereocenters. The van der Waals surface area contributed by atoms with Gasteiger partial charge in [0.05, 0.1) is 33.4 Å². The highest BCUT2D eigenvalue weighted by atomic mass is 15.0. The zero-order valence-corrected chi connectivity index (χ0v) is 25.9. The summed E-state index contributed by atoms with van der Waals surface area (Å²) in [4.78, 5) is 0. The maximum absolute atomic E-state index is 2.45. The molecule has 2 nitrogen and oxygen atoms in total. The van der Waals surface area contributed by atoms with Gasteiger partial charge in [0.1, 0.15) is 0 Å². The van der Waals surface area contributed by atoms with Gasteiger partial charge in [-0.25, -0.2) is 0 Å². The van der Waals surface area contributed by atoms with E-state index in [1.165, 1.54) is 88.0 Å². The Labute approximate surface area is 268 Å². The number of benzene rings is 7. The zero-order valence-electron chi connectivity index (χ0n) is 25.9. The molecule has 46 heavy (non-hydrogen) atoms. The standard InChI is InChI=1S/C44H32N2/c1-3-29(2)31-21-23-43-37(27-31)35-17-9-11-19-39(35)45(43)41-25-26-42(34-16-8-7-15-33(34)41)46-40-20-12-10-18-36(40)38-28-32(22-24-44(38)46)30-13-5-4-6-14-30/h3-28H,1-2H3. The first-order chi connectivity index (χ1) is 22.7. The van der Waals surface area contributed by atoms with E-state index in [1.807, 2.05) is 0 Å². The lowest BCUT2D eigenvalue weighted by Crippen LogP contribution is -2.00. The maximum Gasteiger partial charge on any atom is 0.0542 e. The molecule has 2 heteroatoms. The molecule has 0 aliphatic heterocycles. The number of aromatic nitrogens is 2. The number of allylic oxidation sites excluding steroid dienone is 2. The molecule has 0 atom stereocenters. The van der Waals surface area contributed by atoms with Crippen LogP contribution in [-0.2, 0) is 0 Å². The largest absolute Gasteiger partial charge is 0.309 e. The van der Waals surface area contributed by atoms with Gasteiger partial charge in [-0.2, -0.15) is 0 Å². The van der Waals surface area contributed by atoms with Crippen LogP contribution in [0.4, 0.5) is 0 Å². The number of nitrogens with zero attached hydrogens (tertiary/aromatic N) is 2. The summed E-state index contributed by atoms with van der Waals surface area (Å²) in [6.45, 7) is 4.29. The van der Waals surface area contributed by atoms with Crippen molar-refractivity contribution in [3.63, 3.8) is 0 Å². The Balaban J connectivity index is 1.32. The lowest BCUT2D eigenvalue weighted by Gasteiger charge is -2.17. The van der Waals surface area contributed by atoms with E-state index in [1.54, 1.807) is 0 Å². The van der Waals surface area contributed by atoms with Gasteiger partial charge in [-0.3, -0.25) is 0 Å². The highest BCUT2D eigenvalue weighted by molar-refractivity contribution is 6.14. The van der Waals surface area contributed by atoms with Crippen molar-refractivity contribution in [2.24, 2.45) is 0 Å². The molecule has 0 saturated carbocycles. The maximum atomic E-state index is 2.45. The molecule has 0 amide bonds. The van der Waals surface area contributed by atoms with E-state index in [9.17, 15) is 0 Å². The highest BCUT2D eigenvalue weighted by Crippen LogP contribution is 2.40. The third-order valence-corrected chi connectivity index (χ3v) is 9.70. The summed E-state index contributed by atoms with van der Waals surface area (Å²) in [5, 5.41) is 7.52. The SMILES string of the molecule is CC=C(C)c1ccc2c(c1)c1ccccc1n2-c1ccc(-n2c3ccccc3c3cc(-c4ccccc4)ccc32)c2ccccc12. The molecule has 2 aromatic heterocycles. The first kappa shape index (κ1) is 26.5. The monoisotopic (exact) mass is 588 g/mol. The van der Waals surface area contributed by atoms with Crippen LogP contribution in [-0.4, -0.2) is 9.13 Å². The van der Waals surface area contributed by atoms with E-state index in [0.717, 1.165) is 0 Å². The van der Waals surface area contributed by atoms with Crippen molar-refractivity contribution in [2.45, 2.75) is 13.8 Å². The smallest absolute Gasteiger partial charge is 0.0542 e. The van der Waals surface area contributed by atoms with Crippen molar-refractivity contribution < 1.29 is 0 Å². The molecule has 0 aliphatic rings. The molecule has 0 aliphatic carbocycles. The summed E-state index contributed by atoms with van der Waals surface area (Å²) in [5.74, 6) is 0. The number of para-hydroxylation sites is 2. The molecule has 0 fully saturated rings. The number of hydrogen-bond donors (Lipinski definition) is 0. The van der Waals surface area contributed by atoms with Crippen LogP contribution in [0.3, 0.4) is 0 Å².